The normalized spacial score (nSPS) is 15.8. The van der Waals surface area contributed by atoms with Gasteiger partial charge in [-0.15, -0.1) is 0 Å². The Labute approximate surface area is 152 Å². The smallest absolute Gasteiger partial charge is 0.339 e. The molecule has 0 saturated carbocycles. The Balaban J connectivity index is 1.56. The maximum absolute atomic E-state index is 12.2. The van der Waals surface area contributed by atoms with Gasteiger partial charge in [0.25, 0.3) is 0 Å². The molecule has 2 aromatic carbocycles. The van der Waals surface area contributed by atoms with Crippen LogP contribution in [0.3, 0.4) is 0 Å². The predicted molar refractivity (Wildman–Crippen MR) is 98.9 cm³/mol. The fourth-order valence-corrected chi connectivity index (χ4v) is 2.76. The minimum Gasteiger partial charge on any atom is -0.493 e. The molecule has 25 heavy (non-hydrogen) atoms. The number of ether oxygens (including phenoxy) is 2. The van der Waals surface area contributed by atoms with Gasteiger partial charge >= 0.3 is 5.97 Å². The summed E-state index contributed by atoms with van der Waals surface area (Å²) in [4.78, 5) is 12.2. The Bertz CT molecular complexity index is 781. The largest absolute Gasteiger partial charge is 0.493 e. The van der Waals surface area contributed by atoms with E-state index >= 15 is 0 Å². The molecule has 0 aromatic heterocycles. The summed E-state index contributed by atoms with van der Waals surface area (Å²) in [5, 5.41) is 0.328. The Morgan fingerprint density at radius 1 is 1.12 bits per heavy atom. The van der Waals surface area contributed by atoms with Crippen molar-refractivity contribution in [2.45, 2.75) is 13.0 Å². The van der Waals surface area contributed by atoms with Gasteiger partial charge in [0.1, 0.15) is 12.4 Å². The van der Waals surface area contributed by atoms with E-state index in [0.29, 0.717) is 28.9 Å². The first-order valence-corrected chi connectivity index (χ1v) is 8.57. The van der Waals surface area contributed by atoms with Crippen molar-refractivity contribution in [1.82, 2.24) is 0 Å². The second kappa shape index (κ2) is 8.54. The van der Waals surface area contributed by atoms with E-state index in [-0.39, 0.29) is 6.61 Å². The van der Waals surface area contributed by atoms with Crippen LogP contribution < -0.4 is 4.74 Å². The Morgan fingerprint density at radius 3 is 2.68 bits per heavy atom. The number of carbonyl (C=O) groups is 1. The topological polar surface area (TPSA) is 35.5 Å². The van der Waals surface area contributed by atoms with E-state index in [2.05, 4.69) is 12.2 Å². The third-order valence-corrected chi connectivity index (χ3v) is 4.22. The Kier molecular flexibility index (Phi) is 5.91. The van der Waals surface area contributed by atoms with E-state index in [0.717, 1.165) is 12.0 Å². The maximum Gasteiger partial charge on any atom is 0.339 e. The van der Waals surface area contributed by atoms with Crippen LogP contribution in [0.25, 0.3) is 0 Å². The minimum atomic E-state index is -0.444. The summed E-state index contributed by atoms with van der Waals surface area (Å²) >= 11 is 6.22. The fraction of sp³-hybridized carbons (Fsp3) is 0.190. The molecule has 0 spiro atoms. The van der Waals surface area contributed by atoms with Crippen LogP contribution in [0.5, 0.6) is 5.75 Å². The number of hydrogen-bond acceptors (Lipinski definition) is 3. The zero-order valence-corrected chi connectivity index (χ0v) is 14.5. The molecule has 4 heteroatoms. The van der Waals surface area contributed by atoms with Crippen molar-refractivity contribution >= 4 is 17.6 Å². The van der Waals surface area contributed by atoms with Gasteiger partial charge in [0.05, 0.1) is 17.2 Å². The molecule has 3 rings (SSSR count). The van der Waals surface area contributed by atoms with Crippen LogP contribution >= 0.6 is 11.6 Å². The molecule has 1 atom stereocenters. The maximum atomic E-state index is 12.2. The molecule has 0 saturated heterocycles. The average Bonchev–Trinajstić information content (AvgIpc) is 2.66. The lowest BCUT2D eigenvalue weighted by molar-refractivity contribution is 0.0473. The molecule has 0 radical (unpaired) electrons. The number of allylic oxidation sites excluding steroid dienone is 3. The van der Waals surface area contributed by atoms with Crippen molar-refractivity contribution in [3.63, 3.8) is 0 Å². The fourth-order valence-electron chi connectivity index (χ4n) is 2.51. The van der Waals surface area contributed by atoms with E-state index in [1.165, 1.54) is 0 Å². The highest BCUT2D eigenvalue weighted by molar-refractivity contribution is 6.33. The molecule has 0 fully saturated rings. The molecule has 3 nitrogen and oxygen atoms in total. The second-order valence-corrected chi connectivity index (χ2v) is 6.23. The number of rotatable bonds is 6. The number of hydrogen-bond donors (Lipinski definition) is 0. The molecule has 0 heterocycles. The molecular formula is C21H19ClO3. The number of benzene rings is 2. The van der Waals surface area contributed by atoms with Gasteiger partial charge in [-0.25, -0.2) is 4.79 Å². The van der Waals surface area contributed by atoms with Gasteiger partial charge < -0.3 is 9.47 Å². The molecule has 1 aliphatic carbocycles. The van der Waals surface area contributed by atoms with Crippen LogP contribution in [0.1, 0.15) is 22.3 Å². The number of halogens is 1. The van der Waals surface area contributed by atoms with Crippen LogP contribution in [0.4, 0.5) is 0 Å². The standard InChI is InChI=1S/C21H19ClO3/c22-20-13-18(24-14-16-7-3-1-4-8-16)11-12-19(20)21(23)25-15-17-9-5-2-6-10-17/h1-7,9-13,16H,8,14-15H2. The quantitative estimate of drug-likeness (QED) is 0.668. The second-order valence-electron chi connectivity index (χ2n) is 5.82. The summed E-state index contributed by atoms with van der Waals surface area (Å²) in [6.07, 6.45) is 9.26. The molecule has 1 aliphatic rings. The zero-order valence-electron chi connectivity index (χ0n) is 13.7. The lowest BCUT2D eigenvalue weighted by Gasteiger charge is -2.15. The average molecular weight is 355 g/mol. The van der Waals surface area contributed by atoms with E-state index in [4.69, 9.17) is 21.1 Å². The van der Waals surface area contributed by atoms with Crippen LogP contribution in [-0.2, 0) is 11.3 Å². The summed E-state index contributed by atoms with van der Waals surface area (Å²) in [5.41, 5.74) is 1.27. The molecule has 128 valence electrons. The highest BCUT2D eigenvalue weighted by Gasteiger charge is 2.14. The lowest BCUT2D eigenvalue weighted by atomic mass is 10.0. The minimum absolute atomic E-state index is 0.218. The van der Waals surface area contributed by atoms with E-state index in [1.807, 2.05) is 42.5 Å². The molecule has 2 aromatic rings. The van der Waals surface area contributed by atoms with E-state index in [1.54, 1.807) is 18.2 Å². The van der Waals surface area contributed by atoms with Gasteiger partial charge in [0.15, 0.2) is 0 Å². The summed E-state index contributed by atoms with van der Waals surface area (Å²) in [6, 6.07) is 14.6. The van der Waals surface area contributed by atoms with Gasteiger partial charge in [-0.05, 0) is 30.2 Å². The summed E-state index contributed by atoms with van der Waals surface area (Å²) in [7, 11) is 0. The summed E-state index contributed by atoms with van der Waals surface area (Å²) in [6.45, 7) is 0.796. The van der Waals surface area contributed by atoms with Gasteiger partial charge in [0.2, 0.25) is 0 Å². The Hall–Kier alpha value is -2.52. The monoisotopic (exact) mass is 354 g/mol. The Morgan fingerprint density at radius 2 is 1.96 bits per heavy atom. The zero-order chi connectivity index (χ0) is 17.5. The molecule has 0 amide bonds. The third kappa shape index (κ3) is 4.97. The highest BCUT2D eigenvalue weighted by atomic mass is 35.5. The van der Waals surface area contributed by atoms with Crippen molar-refractivity contribution in [1.29, 1.82) is 0 Å². The van der Waals surface area contributed by atoms with Crippen LogP contribution in [-0.4, -0.2) is 12.6 Å². The summed E-state index contributed by atoms with van der Waals surface area (Å²) < 4.78 is 11.1. The first kappa shape index (κ1) is 17.3. The van der Waals surface area contributed by atoms with Crippen LogP contribution in [0, 0.1) is 5.92 Å². The predicted octanol–water partition coefficient (Wildman–Crippen LogP) is 5.21. The molecule has 0 aliphatic heterocycles. The van der Waals surface area contributed by atoms with Crippen molar-refractivity contribution in [2.75, 3.05) is 6.61 Å². The van der Waals surface area contributed by atoms with Gasteiger partial charge in [-0.1, -0.05) is 66.2 Å². The SMILES string of the molecule is O=C(OCc1ccccc1)c1ccc(OCC2C=CC=CC2)cc1Cl. The van der Waals surface area contributed by atoms with E-state index < -0.39 is 5.97 Å². The molecule has 0 N–H and O–H groups in total. The van der Waals surface area contributed by atoms with Crippen molar-refractivity contribution in [3.05, 3.63) is 89.0 Å². The van der Waals surface area contributed by atoms with Crippen molar-refractivity contribution < 1.29 is 14.3 Å². The highest BCUT2D eigenvalue weighted by Crippen LogP contribution is 2.24. The first-order valence-electron chi connectivity index (χ1n) is 8.19. The van der Waals surface area contributed by atoms with Gasteiger partial charge in [0, 0.05) is 5.92 Å². The van der Waals surface area contributed by atoms with Crippen LogP contribution in [0.15, 0.2) is 72.8 Å². The van der Waals surface area contributed by atoms with E-state index in [9.17, 15) is 4.79 Å². The third-order valence-electron chi connectivity index (χ3n) is 3.91. The van der Waals surface area contributed by atoms with Gasteiger partial charge in [-0.2, -0.15) is 0 Å². The van der Waals surface area contributed by atoms with Crippen molar-refractivity contribution in [2.24, 2.45) is 5.92 Å². The lowest BCUT2D eigenvalue weighted by Crippen LogP contribution is -2.11. The molecule has 0 bridgehead atoms. The molecule has 1 unspecified atom stereocenters. The van der Waals surface area contributed by atoms with Crippen LogP contribution in [0.2, 0.25) is 5.02 Å². The molecular weight excluding hydrogens is 336 g/mol. The summed E-state index contributed by atoms with van der Waals surface area (Å²) in [5.74, 6) is 0.563. The number of esters is 1. The first-order chi connectivity index (χ1) is 12.2. The van der Waals surface area contributed by atoms with Crippen molar-refractivity contribution in [3.8, 4) is 5.75 Å². The number of carbonyl (C=O) groups excluding carboxylic acids is 1. The van der Waals surface area contributed by atoms with Gasteiger partial charge in [-0.3, -0.25) is 0 Å².